The molecule has 1 aliphatic rings. The summed E-state index contributed by atoms with van der Waals surface area (Å²) in [6.07, 6.45) is -0.528. The Morgan fingerprint density at radius 1 is 0.671 bits per heavy atom. The number of carboxylic acids is 5. The number of aliphatic imine (C=N–C) groups is 1. The Bertz CT molecular complexity index is 2080. The first-order valence-corrected chi connectivity index (χ1v) is 22.7. The fourth-order valence-electron chi connectivity index (χ4n) is 6.96. The maximum atomic E-state index is 13.9. The molecule has 406 valence electrons. The van der Waals surface area contributed by atoms with Gasteiger partial charge in [-0.3, -0.25) is 72.4 Å². The van der Waals surface area contributed by atoms with Gasteiger partial charge in [-0.25, -0.2) is 0 Å². The SMILES string of the molecule is CC(C)[C@@H]1NC(=O)[C@@H](Cc2ccc(OCCCNC(=O)CN(CCN(CCN(CC(=O)O)CC(=O)O)CC(=O)O)CC(=O)O)cc2)NC(=O)[C@H](CC(=O)O)NC(=O)CNC(=O)[C@H](CCCN=C(N)N)NC1=O.[153Sm]. The van der Waals surface area contributed by atoms with Crippen molar-refractivity contribution >= 4 is 71.2 Å². The topological polar surface area (TPSA) is 444 Å². The summed E-state index contributed by atoms with van der Waals surface area (Å²) in [6, 6.07) is 0.739. The molecule has 0 aliphatic carbocycles. The van der Waals surface area contributed by atoms with E-state index in [1.807, 2.05) is 0 Å². The van der Waals surface area contributed by atoms with Gasteiger partial charge in [0.05, 0.1) is 52.3 Å². The Labute approximate surface area is 452 Å². The standard InChI is InChI=1S/C43H66N12O17.Sm/c1-25(2)38-42(71)50-28(5-3-10-47-43(44)45)39(68)48-19-31(56)49-30(18-33(58)59)40(69)51-29(41(70)52-38)17-26-6-8-27(9-7-26)72-16-4-11-46-32(57)20-54(22-35(62)63)14-12-53(21-34(60)61)13-15-55(23-36(64)65)24-37(66)67;/h6-9,25,28-30,38H,3-5,10-24H2,1-2H3,(H,46,57)(H,48,68)(H,49,56)(H,50,71)(H,51,69)(H,52,70)(H,58,59)(H,60,61)(H,62,63)(H,64,65)(H,66,67)(H4,44,45,47);/t28-,29+,30-,38-;/m0./s1/i;1+3. The molecule has 1 aromatic carbocycles. The molecule has 0 unspecified atom stereocenters. The molecule has 29 nitrogen and oxygen atoms in total. The number of benzene rings is 1. The third-order valence-corrected chi connectivity index (χ3v) is 10.5. The van der Waals surface area contributed by atoms with E-state index in [4.69, 9.17) is 26.4 Å². The Balaban J connectivity index is 0.0000266. The van der Waals surface area contributed by atoms with Crippen LogP contribution in [0, 0.1) is 46.3 Å². The predicted molar refractivity (Wildman–Crippen MR) is 251 cm³/mol. The molecule has 1 heterocycles. The molecule has 0 saturated carbocycles. The predicted octanol–water partition coefficient (Wildman–Crippen LogP) is -5.39. The molecule has 1 aliphatic heterocycles. The number of nitrogens with one attached hydrogen (secondary N) is 6. The molecule has 2 rings (SSSR count). The number of nitrogens with zero attached hydrogens (tertiary/aromatic N) is 4. The fourth-order valence-corrected chi connectivity index (χ4v) is 6.96. The van der Waals surface area contributed by atoms with Crippen LogP contribution in [0.15, 0.2) is 29.3 Å². The zero-order chi connectivity index (χ0) is 53.9. The molecule has 15 N–H and O–H groups in total. The molecule has 1 fully saturated rings. The van der Waals surface area contributed by atoms with E-state index >= 15 is 0 Å². The average molecular weight is 1180 g/mol. The Morgan fingerprint density at radius 2 is 1.19 bits per heavy atom. The number of nitrogens with two attached hydrogens (primary N) is 2. The molecule has 1 saturated heterocycles. The van der Waals surface area contributed by atoms with Crippen LogP contribution in [0.4, 0.5) is 0 Å². The van der Waals surface area contributed by atoms with Crippen molar-refractivity contribution < 1.29 is 123 Å². The maximum absolute atomic E-state index is 13.9. The van der Waals surface area contributed by atoms with Gasteiger partial charge < -0.3 is 73.6 Å². The molecular formula is C43H66N12O17Sm. The normalized spacial score (nSPS) is 17.6. The summed E-state index contributed by atoms with van der Waals surface area (Å²) in [6.45, 7) is -0.0748. The average Bonchev–Trinajstić information content (AvgIpc) is 3.27. The van der Waals surface area contributed by atoms with Gasteiger partial charge >= 0.3 is 29.8 Å². The zero-order valence-electron chi connectivity index (χ0n) is 40.4. The number of aliphatic carboxylic acids is 5. The molecule has 73 heavy (non-hydrogen) atoms. The van der Waals surface area contributed by atoms with Gasteiger partial charge in [-0.1, -0.05) is 26.0 Å². The number of rotatable bonds is 30. The quantitative estimate of drug-likeness (QED) is 0.0194. The second-order valence-corrected chi connectivity index (χ2v) is 16.9. The minimum absolute atomic E-state index is 0. The van der Waals surface area contributed by atoms with Crippen LogP contribution >= 0.6 is 0 Å². The summed E-state index contributed by atoms with van der Waals surface area (Å²) in [5, 5.41) is 61.5. The van der Waals surface area contributed by atoms with E-state index in [1.54, 1.807) is 38.1 Å². The van der Waals surface area contributed by atoms with Crippen molar-refractivity contribution in [3.63, 3.8) is 0 Å². The summed E-state index contributed by atoms with van der Waals surface area (Å²) in [4.78, 5) is 145. The van der Waals surface area contributed by atoms with Crippen LogP contribution in [0.25, 0.3) is 0 Å². The van der Waals surface area contributed by atoms with Gasteiger partial charge in [-0.05, 0) is 42.9 Å². The van der Waals surface area contributed by atoms with Crippen LogP contribution in [-0.2, 0) is 59.2 Å². The van der Waals surface area contributed by atoms with Crippen LogP contribution < -0.4 is 48.1 Å². The van der Waals surface area contributed by atoms with Crippen LogP contribution in [0.2, 0.25) is 0 Å². The van der Waals surface area contributed by atoms with Gasteiger partial charge in [0.25, 0.3) is 0 Å². The number of guanidine groups is 1. The van der Waals surface area contributed by atoms with Gasteiger partial charge in [-0.15, -0.1) is 0 Å². The van der Waals surface area contributed by atoms with Gasteiger partial charge in [0.2, 0.25) is 35.4 Å². The second-order valence-electron chi connectivity index (χ2n) is 16.9. The number of amides is 6. The van der Waals surface area contributed by atoms with Crippen molar-refractivity contribution in [3.8, 4) is 5.75 Å². The first kappa shape index (κ1) is 64.7. The van der Waals surface area contributed by atoms with Gasteiger partial charge in [0.1, 0.15) is 29.9 Å². The number of hydrogen-bond donors (Lipinski definition) is 13. The summed E-state index contributed by atoms with van der Waals surface area (Å²) in [5.74, 6) is -11.8. The summed E-state index contributed by atoms with van der Waals surface area (Å²) in [7, 11) is 0. The van der Waals surface area contributed by atoms with Crippen LogP contribution in [0.5, 0.6) is 5.75 Å². The number of carbonyl (C=O) groups excluding carboxylic acids is 6. The molecule has 4 atom stereocenters. The van der Waals surface area contributed by atoms with E-state index in [0.717, 1.165) is 4.90 Å². The van der Waals surface area contributed by atoms with Crippen LogP contribution in [0.1, 0.15) is 45.1 Å². The minimum Gasteiger partial charge on any atom is -0.494 e. The van der Waals surface area contributed by atoms with Crippen LogP contribution in [0.3, 0.4) is 0 Å². The first-order valence-electron chi connectivity index (χ1n) is 22.7. The number of carboxylic acid groups (broad SMARTS) is 5. The van der Waals surface area contributed by atoms with Crippen LogP contribution in [-0.4, -0.2) is 221 Å². The number of carbonyl (C=O) groups is 11. The monoisotopic (exact) mass is 1180 g/mol. The van der Waals surface area contributed by atoms with Crippen molar-refractivity contribution in [3.05, 3.63) is 29.8 Å². The Morgan fingerprint density at radius 3 is 1.73 bits per heavy atom. The van der Waals surface area contributed by atoms with E-state index in [1.165, 1.54) is 9.80 Å². The smallest absolute Gasteiger partial charge is 0.317 e. The third kappa shape index (κ3) is 27.9. The van der Waals surface area contributed by atoms with E-state index in [-0.39, 0.29) is 124 Å². The number of hydrogen-bond acceptors (Lipinski definition) is 16. The summed E-state index contributed by atoms with van der Waals surface area (Å²) >= 11 is 0. The van der Waals surface area contributed by atoms with E-state index in [9.17, 15) is 68.1 Å². The minimum atomic E-state index is -1.68. The van der Waals surface area contributed by atoms with Crippen molar-refractivity contribution in [2.75, 3.05) is 85.1 Å². The molecule has 1 aromatic rings. The second kappa shape index (κ2) is 34.2. The van der Waals surface area contributed by atoms with Crippen molar-refractivity contribution in [2.24, 2.45) is 22.4 Å². The third-order valence-electron chi connectivity index (χ3n) is 10.5. The molecule has 0 spiro atoms. The van der Waals surface area contributed by atoms with Crippen molar-refractivity contribution in [2.45, 2.75) is 70.1 Å². The molecule has 0 aromatic heterocycles. The fraction of sp³-hybridized carbons (Fsp3) is 0.581. The molecule has 0 radical (unpaired) electrons. The molecular weight excluding hydrogens is 1110 g/mol. The van der Waals surface area contributed by atoms with Gasteiger partial charge in [-0.2, -0.15) is 0 Å². The maximum Gasteiger partial charge on any atom is 0.317 e. The zero-order valence-corrected chi connectivity index (χ0v) is 43.0. The molecule has 30 heteroatoms. The summed E-state index contributed by atoms with van der Waals surface area (Å²) < 4.78 is 5.78. The largest absolute Gasteiger partial charge is 0.494 e. The Hall–Kier alpha value is -6.32. The van der Waals surface area contributed by atoms with Crippen molar-refractivity contribution in [1.29, 1.82) is 0 Å². The number of ether oxygens (including phenoxy) is 1. The van der Waals surface area contributed by atoms with E-state index in [0.29, 0.717) is 11.3 Å². The molecule has 0 bridgehead atoms. The Kier molecular flexibility index (Phi) is 30.3. The molecule has 6 amide bonds. The van der Waals surface area contributed by atoms with Gasteiger partial charge in [0, 0.05) is 86.1 Å². The first-order chi connectivity index (χ1) is 33.9. The van der Waals surface area contributed by atoms with Gasteiger partial charge in [0.15, 0.2) is 5.96 Å². The van der Waals surface area contributed by atoms with Crippen molar-refractivity contribution in [1.82, 2.24) is 46.6 Å². The van der Waals surface area contributed by atoms with E-state index in [2.05, 4.69) is 36.9 Å². The van der Waals surface area contributed by atoms with E-state index < -0.39 is 135 Å². The summed E-state index contributed by atoms with van der Waals surface area (Å²) in [5.41, 5.74) is 11.2.